The van der Waals surface area contributed by atoms with E-state index in [2.05, 4.69) is 10.0 Å². The summed E-state index contributed by atoms with van der Waals surface area (Å²) in [5.41, 5.74) is 0. The Balaban J connectivity index is 1.80. The summed E-state index contributed by atoms with van der Waals surface area (Å²) in [6.45, 7) is 2.17. The lowest BCUT2D eigenvalue weighted by atomic mass is 10.2. The van der Waals surface area contributed by atoms with Gasteiger partial charge in [-0.3, -0.25) is 9.59 Å². The molecule has 24 heavy (non-hydrogen) atoms. The molecule has 6 nitrogen and oxygen atoms in total. The molecule has 2 aromatic heterocycles. The van der Waals surface area contributed by atoms with E-state index in [-0.39, 0.29) is 35.3 Å². The lowest BCUT2D eigenvalue weighted by molar-refractivity contribution is -0.121. The maximum Gasteiger partial charge on any atom is 0.249 e. The Kier molecular flexibility index (Phi) is 6.27. The van der Waals surface area contributed by atoms with Crippen molar-refractivity contribution in [2.24, 2.45) is 0 Å². The molecule has 9 heteroatoms. The van der Waals surface area contributed by atoms with E-state index in [0.717, 1.165) is 21.1 Å². The molecule has 0 spiro atoms. The van der Waals surface area contributed by atoms with Crippen LogP contribution in [0.4, 0.5) is 0 Å². The van der Waals surface area contributed by atoms with Gasteiger partial charge >= 0.3 is 0 Å². The van der Waals surface area contributed by atoms with Gasteiger partial charge < -0.3 is 5.32 Å². The average molecular weight is 387 g/mol. The molecular formula is C15H18N2O4S3. The van der Waals surface area contributed by atoms with Crippen molar-refractivity contribution in [3.63, 3.8) is 0 Å². The Morgan fingerprint density at radius 1 is 1.08 bits per heavy atom. The van der Waals surface area contributed by atoms with Crippen LogP contribution in [-0.2, 0) is 21.4 Å². The zero-order chi connectivity index (χ0) is 17.7. The number of hydrogen-bond acceptors (Lipinski definition) is 6. The van der Waals surface area contributed by atoms with Gasteiger partial charge in [0.1, 0.15) is 4.21 Å². The second-order valence-corrected chi connectivity index (χ2v) is 9.61. The van der Waals surface area contributed by atoms with Gasteiger partial charge in [0.25, 0.3) is 0 Å². The van der Waals surface area contributed by atoms with E-state index < -0.39 is 10.0 Å². The molecule has 130 valence electrons. The first-order chi connectivity index (χ1) is 11.3. The van der Waals surface area contributed by atoms with Crippen molar-refractivity contribution in [3.05, 3.63) is 38.9 Å². The van der Waals surface area contributed by atoms with Crippen molar-refractivity contribution in [2.75, 3.05) is 7.05 Å². The molecule has 0 radical (unpaired) electrons. The van der Waals surface area contributed by atoms with Gasteiger partial charge in [0.05, 0.1) is 11.4 Å². The number of nitrogens with one attached hydrogen (secondary N) is 2. The maximum absolute atomic E-state index is 11.9. The van der Waals surface area contributed by atoms with Crippen LogP contribution in [0.5, 0.6) is 0 Å². The van der Waals surface area contributed by atoms with Gasteiger partial charge in [-0.05, 0) is 38.2 Å². The molecule has 0 aliphatic heterocycles. The molecule has 2 aromatic rings. The monoisotopic (exact) mass is 386 g/mol. The van der Waals surface area contributed by atoms with Crippen LogP contribution in [0.15, 0.2) is 28.5 Å². The maximum atomic E-state index is 11.9. The molecule has 0 bridgehead atoms. The van der Waals surface area contributed by atoms with Gasteiger partial charge in [0.15, 0.2) is 5.78 Å². The molecule has 0 atom stereocenters. The third-order valence-corrected chi connectivity index (χ3v) is 7.26. The highest BCUT2D eigenvalue weighted by atomic mass is 32.2. The molecule has 0 saturated carbocycles. The first-order valence-electron chi connectivity index (χ1n) is 7.20. The average Bonchev–Trinajstić information content (AvgIpc) is 3.20. The zero-order valence-corrected chi connectivity index (χ0v) is 15.7. The number of sulfonamides is 1. The zero-order valence-electron chi connectivity index (χ0n) is 13.3. The van der Waals surface area contributed by atoms with Gasteiger partial charge in [-0.1, -0.05) is 0 Å². The second-order valence-electron chi connectivity index (χ2n) is 5.04. The van der Waals surface area contributed by atoms with Crippen LogP contribution in [0.1, 0.15) is 32.3 Å². The predicted octanol–water partition coefficient (Wildman–Crippen LogP) is 2.31. The molecule has 0 fully saturated rings. The topological polar surface area (TPSA) is 92.3 Å². The fourth-order valence-electron chi connectivity index (χ4n) is 1.91. The molecule has 0 aliphatic rings. The van der Waals surface area contributed by atoms with E-state index >= 15 is 0 Å². The summed E-state index contributed by atoms with van der Waals surface area (Å²) < 4.78 is 25.7. The summed E-state index contributed by atoms with van der Waals surface area (Å²) in [6.07, 6.45) is 0.276. The van der Waals surface area contributed by atoms with Crippen molar-refractivity contribution in [1.82, 2.24) is 10.0 Å². The summed E-state index contributed by atoms with van der Waals surface area (Å²) in [4.78, 5) is 26.2. The Morgan fingerprint density at radius 3 is 2.46 bits per heavy atom. The Morgan fingerprint density at radius 2 is 1.83 bits per heavy atom. The minimum absolute atomic E-state index is 0.0400. The van der Waals surface area contributed by atoms with Gasteiger partial charge in [-0.2, -0.15) is 0 Å². The molecule has 2 rings (SSSR count). The van der Waals surface area contributed by atoms with Crippen LogP contribution in [0, 0.1) is 6.92 Å². The van der Waals surface area contributed by atoms with Crippen molar-refractivity contribution < 1.29 is 18.0 Å². The molecule has 0 unspecified atom stereocenters. The molecule has 0 aromatic carbocycles. The Bertz CT molecular complexity index is 837. The third kappa shape index (κ3) is 4.97. The smallest absolute Gasteiger partial charge is 0.249 e. The number of hydrogen-bond donors (Lipinski definition) is 2. The number of thiophene rings is 2. The highest BCUT2D eigenvalue weighted by Crippen LogP contribution is 2.21. The van der Waals surface area contributed by atoms with E-state index in [0.29, 0.717) is 4.88 Å². The summed E-state index contributed by atoms with van der Waals surface area (Å²) in [5.74, 6) is -0.273. The predicted molar refractivity (Wildman–Crippen MR) is 95.0 cm³/mol. The van der Waals surface area contributed by atoms with Gasteiger partial charge in [-0.25, -0.2) is 13.1 Å². The quantitative estimate of drug-likeness (QED) is 0.681. The van der Waals surface area contributed by atoms with Crippen LogP contribution >= 0.6 is 22.7 Å². The molecule has 2 heterocycles. The van der Waals surface area contributed by atoms with Crippen LogP contribution in [-0.4, -0.2) is 27.2 Å². The number of ketones is 1. The van der Waals surface area contributed by atoms with E-state index in [1.165, 1.54) is 24.5 Å². The first kappa shape index (κ1) is 18.8. The van der Waals surface area contributed by atoms with Gasteiger partial charge in [0, 0.05) is 22.6 Å². The molecular weight excluding hydrogens is 368 g/mol. The summed E-state index contributed by atoms with van der Waals surface area (Å²) in [7, 11) is -2.10. The third-order valence-electron chi connectivity index (χ3n) is 3.22. The van der Waals surface area contributed by atoms with Crippen molar-refractivity contribution in [3.8, 4) is 0 Å². The number of amides is 1. The molecule has 0 saturated heterocycles. The fourth-order valence-corrected chi connectivity index (χ4v) is 4.88. The summed E-state index contributed by atoms with van der Waals surface area (Å²) in [6, 6.07) is 6.82. The summed E-state index contributed by atoms with van der Waals surface area (Å²) >= 11 is 2.52. The first-order valence-corrected chi connectivity index (χ1v) is 10.3. The summed E-state index contributed by atoms with van der Waals surface area (Å²) in [5, 5.41) is 2.70. The fraction of sp³-hybridized carbons (Fsp3) is 0.333. The van der Waals surface area contributed by atoms with Gasteiger partial charge in [-0.15, -0.1) is 22.7 Å². The number of Topliss-reactive ketones (excluding diaryl/α,β-unsaturated/α-hetero) is 1. The highest BCUT2D eigenvalue weighted by molar-refractivity contribution is 7.91. The highest BCUT2D eigenvalue weighted by Gasteiger charge is 2.15. The number of aryl methyl sites for hydroxylation is 1. The van der Waals surface area contributed by atoms with E-state index in [1.54, 1.807) is 12.1 Å². The molecule has 0 aliphatic carbocycles. The Labute approximate surface area is 149 Å². The number of carbonyl (C=O) groups is 2. The van der Waals surface area contributed by atoms with Crippen molar-refractivity contribution in [1.29, 1.82) is 0 Å². The second kappa shape index (κ2) is 8.02. The molecule has 1 amide bonds. The lowest BCUT2D eigenvalue weighted by Gasteiger charge is -2.03. The van der Waals surface area contributed by atoms with Gasteiger partial charge in [0.2, 0.25) is 15.9 Å². The van der Waals surface area contributed by atoms with Crippen LogP contribution in [0.2, 0.25) is 0 Å². The minimum atomic E-state index is -3.45. The van der Waals surface area contributed by atoms with Crippen LogP contribution in [0.3, 0.4) is 0 Å². The van der Waals surface area contributed by atoms with Crippen molar-refractivity contribution >= 4 is 44.4 Å². The number of rotatable bonds is 8. The van der Waals surface area contributed by atoms with E-state index in [9.17, 15) is 18.0 Å². The number of carbonyl (C=O) groups excluding carboxylic acids is 2. The Hall–Kier alpha value is -1.55. The van der Waals surface area contributed by atoms with Crippen LogP contribution in [0.25, 0.3) is 0 Å². The normalized spacial score (nSPS) is 11.4. The van der Waals surface area contributed by atoms with Crippen LogP contribution < -0.4 is 10.0 Å². The molecule has 2 N–H and O–H groups in total. The minimum Gasteiger partial charge on any atom is -0.351 e. The largest absolute Gasteiger partial charge is 0.351 e. The lowest BCUT2D eigenvalue weighted by Crippen LogP contribution is -2.22. The van der Waals surface area contributed by atoms with E-state index in [4.69, 9.17) is 0 Å². The standard InChI is InChI=1S/C15H18N2O4S3/c1-10-3-6-13(22-10)12(18)5-7-14(19)17-9-11-4-8-15(23-11)24(20,21)16-2/h3-4,6,8,16H,5,7,9H2,1-2H3,(H,17,19). The van der Waals surface area contributed by atoms with Crippen molar-refractivity contribution in [2.45, 2.75) is 30.5 Å². The van der Waals surface area contributed by atoms with E-state index in [1.807, 2.05) is 13.0 Å². The SMILES string of the molecule is CNS(=O)(=O)c1ccc(CNC(=O)CCC(=O)c2ccc(C)s2)s1.